The van der Waals surface area contributed by atoms with Gasteiger partial charge < -0.3 is 14.8 Å². The first-order valence-corrected chi connectivity index (χ1v) is 9.93. The maximum Gasteiger partial charge on any atom is 0.334 e. The monoisotopic (exact) mass is 401 g/mol. The van der Waals surface area contributed by atoms with Gasteiger partial charge in [0.05, 0.1) is 13.2 Å². The number of benzene rings is 1. The number of hydrogen-bond donors (Lipinski definition) is 1. The molecule has 2 fully saturated rings. The van der Waals surface area contributed by atoms with Gasteiger partial charge in [-0.15, -0.1) is 0 Å². The molecular formula is C20H23N3O6. The van der Waals surface area contributed by atoms with Gasteiger partial charge in [-0.05, 0) is 25.0 Å². The third kappa shape index (κ3) is 3.90. The Balaban J connectivity index is 1.41. The molecule has 2 heterocycles. The molecule has 0 unspecified atom stereocenters. The van der Waals surface area contributed by atoms with E-state index in [0.29, 0.717) is 43.2 Å². The normalized spacial score (nSPS) is 20.1. The summed E-state index contributed by atoms with van der Waals surface area (Å²) >= 11 is 0. The van der Waals surface area contributed by atoms with Gasteiger partial charge in [0, 0.05) is 24.2 Å². The molecule has 1 saturated heterocycles. The quantitative estimate of drug-likeness (QED) is 0.610. The lowest BCUT2D eigenvalue weighted by Gasteiger charge is -2.28. The zero-order valence-electron chi connectivity index (χ0n) is 16.0. The molecule has 1 saturated carbocycles. The summed E-state index contributed by atoms with van der Waals surface area (Å²) in [4.78, 5) is 51.4. The highest BCUT2D eigenvalue weighted by Gasteiger charge is 2.48. The van der Waals surface area contributed by atoms with Crippen LogP contribution in [-0.2, 0) is 14.4 Å². The highest BCUT2D eigenvalue weighted by Crippen LogP contribution is 2.32. The van der Waals surface area contributed by atoms with Crippen LogP contribution >= 0.6 is 0 Å². The first-order chi connectivity index (χ1) is 14.0. The van der Waals surface area contributed by atoms with E-state index in [0.717, 1.165) is 35.5 Å². The Hall–Kier alpha value is -3.10. The van der Waals surface area contributed by atoms with Crippen LogP contribution in [0.15, 0.2) is 18.2 Å². The van der Waals surface area contributed by atoms with Gasteiger partial charge in [0.1, 0.15) is 6.54 Å². The Kier molecular flexibility index (Phi) is 5.37. The number of ether oxygens (including phenoxy) is 2. The topological polar surface area (TPSA) is 105 Å². The van der Waals surface area contributed by atoms with Gasteiger partial charge in [-0.3, -0.25) is 19.3 Å². The maximum atomic E-state index is 12.6. The number of imide groups is 2. The van der Waals surface area contributed by atoms with Gasteiger partial charge in [0.2, 0.25) is 5.91 Å². The third-order valence-electron chi connectivity index (χ3n) is 5.36. The number of rotatable bonds is 4. The summed E-state index contributed by atoms with van der Waals surface area (Å²) in [6, 6.07) is 4.00. The van der Waals surface area contributed by atoms with Gasteiger partial charge in [0.15, 0.2) is 11.5 Å². The number of urea groups is 1. The van der Waals surface area contributed by atoms with E-state index >= 15 is 0 Å². The molecule has 0 atom stereocenters. The summed E-state index contributed by atoms with van der Waals surface area (Å²) in [5, 5.41) is 2.64. The molecule has 154 valence electrons. The highest BCUT2D eigenvalue weighted by atomic mass is 16.5. The predicted octanol–water partition coefficient (Wildman–Crippen LogP) is 1.91. The molecule has 1 aliphatic carbocycles. The van der Waals surface area contributed by atoms with Crippen molar-refractivity contribution in [1.82, 2.24) is 9.80 Å². The summed E-state index contributed by atoms with van der Waals surface area (Å²) in [5.41, 5.74) is 0.453. The molecule has 0 aromatic heterocycles. The minimum absolute atomic E-state index is 0.262. The highest BCUT2D eigenvalue weighted by molar-refractivity contribution is 6.45. The van der Waals surface area contributed by atoms with E-state index in [-0.39, 0.29) is 6.04 Å². The van der Waals surface area contributed by atoms with Crippen molar-refractivity contribution in [3.05, 3.63) is 18.2 Å². The van der Waals surface area contributed by atoms with Crippen molar-refractivity contribution in [3.63, 3.8) is 0 Å². The zero-order chi connectivity index (χ0) is 20.4. The number of hydrogen-bond acceptors (Lipinski definition) is 6. The molecule has 0 bridgehead atoms. The predicted molar refractivity (Wildman–Crippen MR) is 102 cm³/mol. The minimum Gasteiger partial charge on any atom is -0.490 e. The van der Waals surface area contributed by atoms with Gasteiger partial charge in [-0.25, -0.2) is 9.69 Å². The van der Waals surface area contributed by atoms with Crippen LogP contribution < -0.4 is 14.8 Å². The van der Waals surface area contributed by atoms with Crippen molar-refractivity contribution in [2.45, 2.75) is 44.6 Å². The van der Waals surface area contributed by atoms with Crippen molar-refractivity contribution >= 4 is 29.4 Å². The summed E-state index contributed by atoms with van der Waals surface area (Å²) in [6.45, 7) is 0.560. The van der Waals surface area contributed by atoms with Gasteiger partial charge >= 0.3 is 17.8 Å². The second-order valence-corrected chi connectivity index (χ2v) is 7.40. The summed E-state index contributed by atoms with van der Waals surface area (Å²) in [5.74, 6) is -1.24. The van der Waals surface area contributed by atoms with E-state index < -0.39 is 30.3 Å². The molecule has 9 heteroatoms. The standard InChI is InChI=1S/C20H23N3O6/c24-17(21-13-7-8-15-16(11-13)29-10-4-9-28-15)12-22-18(25)19(26)23(20(22)27)14-5-2-1-3-6-14/h7-8,11,14H,1-6,9-10,12H2,(H,21,24). The average molecular weight is 401 g/mol. The smallest absolute Gasteiger partial charge is 0.334 e. The maximum absolute atomic E-state index is 12.6. The van der Waals surface area contributed by atoms with Gasteiger partial charge in [0.25, 0.3) is 0 Å². The molecule has 1 aromatic carbocycles. The van der Waals surface area contributed by atoms with Crippen LogP contribution in [0.4, 0.5) is 10.5 Å². The molecule has 1 N–H and O–H groups in total. The number of nitrogens with one attached hydrogen (secondary N) is 1. The molecule has 9 nitrogen and oxygen atoms in total. The average Bonchev–Trinajstić information content (AvgIpc) is 2.88. The van der Waals surface area contributed by atoms with E-state index in [1.165, 1.54) is 0 Å². The van der Waals surface area contributed by atoms with Crippen molar-refractivity contribution in [2.75, 3.05) is 25.1 Å². The van der Waals surface area contributed by atoms with Gasteiger partial charge in [-0.2, -0.15) is 0 Å². The van der Waals surface area contributed by atoms with Crippen LogP contribution in [0.5, 0.6) is 11.5 Å². The van der Waals surface area contributed by atoms with Crippen LogP contribution in [-0.4, -0.2) is 59.4 Å². The van der Waals surface area contributed by atoms with Crippen molar-refractivity contribution < 1.29 is 28.7 Å². The Morgan fingerprint density at radius 1 is 0.966 bits per heavy atom. The summed E-state index contributed by atoms with van der Waals surface area (Å²) in [6.07, 6.45) is 5.05. The molecule has 5 amide bonds. The number of carbonyl (C=O) groups is 4. The Morgan fingerprint density at radius 3 is 2.45 bits per heavy atom. The molecule has 1 aromatic rings. The number of amides is 5. The first kappa shape index (κ1) is 19.2. The number of carbonyl (C=O) groups excluding carboxylic acids is 4. The van der Waals surface area contributed by atoms with Gasteiger partial charge in [-0.1, -0.05) is 19.3 Å². The van der Waals surface area contributed by atoms with E-state index in [4.69, 9.17) is 9.47 Å². The lowest BCUT2D eigenvalue weighted by atomic mass is 9.94. The second kappa shape index (κ2) is 8.10. The van der Waals surface area contributed by atoms with Crippen LogP contribution in [0.3, 0.4) is 0 Å². The van der Waals surface area contributed by atoms with E-state index in [1.807, 2.05) is 0 Å². The molecule has 29 heavy (non-hydrogen) atoms. The van der Waals surface area contributed by atoms with Crippen molar-refractivity contribution in [2.24, 2.45) is 0 Å². The Labute approximate surface area is 167 Å². The Morgan fingerprint density at radius 2 is 1.69 bits per heavy atom. The molecule has 0 radical (unpaired) electrons. The SMILES string of the molecule is O=C(CN1C(=O)C(=O)N(C2CCCCC2)C1=O)Nc1ccc2c(c1)OCCCO2. The molecule has 3 aliphatic rings. The zero-order valence-corrected chi connectivity index (χ0v) is 16.0. The fourth-order valence-electron chi connectivity index (χ4n) is 3.91. The number of anilines is 1. The lowest BCUT2D eigenvalue weighted by molar-refractivity contribution is -0.144. The minimum atomic E-state index is -0.950. The Bertz CT molecular complexity index is 849. The number of nitrogens with zero attached hydrogens (tertiary/aromatic N) is 2. The third-order valence-corrected chi connectivity index (χ3v) is 5.36. The molecular weight excluding hydrogens is 378 g/mol. The second-order valence-electron chi connectivity index (χ2n) is 7.40. The summed E-state index contributed by atoms with van der Waals surface area (Å²) < 4.78 is 11.1. The van der Waals surface area contributed by atoms with Crippen molar-refractivity contribution in [1.29, 1.82) is 0 Å². The van der Waals surface area contributed by atoms with Crippen LogP contribution in [0.2, 0.25) is 0 Å². The van der Waals surface area contributed by atoms with E-state index in [2.05, 4.69) is 5.32 Å². The van der Waals surface area contributed by atoms with Crippen molar-refractivity contribution in [3.8, 4) is 11.5 Å². The fourth-order valence-corrected chi connectivity index (χ4v) is 3.91. The first-order valence-electron chi connectivity index (χ1n) is 9.93. The fraction of sp³-hybridized carbons (Fsp3) is 0.500. The van der Waals surface area contributed by atoms with Crippen LogP contribution in [0.25, 0.3) is 0 Å². The number of fused-ring (bicyclic) bond motifs is 1. The van der Waals surface area contributed by atoms with Crippen LogP contribution in [0, 0.1) is 0 Å². The lowest BCUT2D eigenvalue weighted by Crippen LogP contribution is -2.43. The largest absolute Gasteiger partial charge is 0.490 e. The molecule has 4 rings (SSSR count). The molecule has 2 aliphatic heterocycles. The summed E-state index contributed by atoms with van der Waals surface area (Å²) in [7, 11) is 0. The van der Waals surface area contributed by atoms with E-state index in [9.17, 15) is 19.2 Å². The van der Waals surface area contributed by atoms with Crippen LogP contribution in [0.1, 0.15) is 38.5 Å². The van der Waals surface area contributed by atoms with E-state index in [1.54, 1.807) is 18.2 Å². The molecule has 0 spiro atoms.